The van der Waals surface area contributed by atoms with Crippen molar-refractivity contribution in [3.8, 4) is 0 Å². The molecule has 8 heteroatoms. The molecule has 0 aliphatic carbocycles. The number of hydrogen-bond acceptors (Lipinski definition) is 4. The van der Waals surface area contributed by atoms with Gasteiger partial charge in [0.1, 0.15) is 5.82 Å². The third kappa shape index (κ3) is 4.76. The minimum atomic E-state index is -0.391. The Morgan fingerprint density at radius 2 is 1.96 bits per heavy atom. The van der Waals surface area contributed by atoms with E-state index in [0.29, 0.717) is 12.2 Å². The lowest BCUT2D eigenvalue weighted by Gasteiger charge is -2.24. The summed E-state index contributed by atoms with van der Waals surface area (Å²) >= 11 is 3.39. The van der Waals surface area contributed by atoms with Gasteiger partial charge in [0.2, 0.25) is 11.8 Å². The number of aryl methyl sites for hydroxylation is 1. The second-order valence-electron chi connectivity index (χ2n) is 6.86. The Balaban J connectivity index is 1.63. The lowest BCUT2D eigenvalue weighted by Crippen LogP contribution is -2.41. The van der Waals surface area contributed by atoms with Crippen LogP contribution in [0.5, 0.6) is 0 Å². The Labute approximate surface area is 171 Å². The molecule has 1 fully saturated rings. The first-order chi connectivity index (χ1) is 13.3. The molecule has 2 aromatic carbocycles. The van der Waals surface area contributed by atoms with E-state index in [1.165, 1.54) is 17.0 Å². The number of carbonyl (C=O) groups is 2. The smallest absolute Gasteiger partial charge is 0.243 e. The van der Waals surface area contributed by atoms with E-state index in [9.17, 15) is 14.0 Å². The van der Waals surface area contributed by atoms with Crippen LogP contribution in [0.1, 0.15) is 17.2 Å². The lowest BCUT2D eigenvalue weighted by molar-refractivity contribution is -0.136. The van der Waals surface area contributed by atoms with E-state index in [-0.39, 0.29) is 30.2 Å². The second kappa shape index (κ2) is 8.81. The summed E-state index contributed by atoms with van der Waals surface area (Å²) in [5, 5.41) is 2.84. The molecule has 0 spiro atoms. The van der Waals surface area contributed by atoms with Crippen molar-refractivity contribution in [2.75, 3.05) is 25.5 Å². The normalized spacial score (nSPS) is 18.7. The Bertz CT molecular complexity index is 875. The first-order valence-corrected chi connectivity index (χ1v) is 9.69. The highest BCUT2D eigenvalue weighted by atomic mass is 79.9. The minimum Gasteiger partial charge on any atom is -0.336 e. The van der Waals surface area contributed by atoms with Crippen molar-refractivity contribution in [3.05, 3.63) is 63.9 Å². The molecule has 0 aromatic heterocycles. The van der Waals surface area contributed by atoms with Crippen molar-refractivity contribution in [2.45, 2.75) is 13.0 Å². The fourth-order valence-corrected chi connectivity index (χ4v) is 3.72. The van der Waals surface area contributed by atoms with Gasteiger partial charge in [-0.15, -0.1) is 0 Å². The van der Waals surface area contributed by atoms with E-state index in [1.807, 2.05) is 25.1 Å². The van der Waals surface area contributed by atoms with Crippen molar-refractivity contribution in [1.82, 2.24) is 15.8 Å². The minimum absolute atomic E-state index is 0.0546. The molecule has 2 aromatic rings. The second-order valence-corrected chi connectivity index (χ2v) is 7.78. The van der Waals surface area contributed by atoms with Gasteiger partial charge < -0.3 is 10.2 Å². The molecule has 6 nitrogen and oxygen atoms in total. The summed E-state index contributed by atoms with van der Waals surface area (Å²) < 4.78 is 14.1. The van der Waals surface area contributed by atoms with Crippen molar-refractivity contribution in [2.24, 2.45) is 5.92 Å². The molecule has 0 bridgehead atoms. The highest BCUT2D eigenvalue weighted by Crippen LogP contribution is 2.26. The number of hydrogen-bond donors (Lipinski definition) is 3. The highest BCUT2D eigenvalue weighted by molar-refractivity contribution is 9.10. The number of rotatable bonds is 5. The first-order valence-electron chi connectivity index (χ1n) is 8.90. The average Bonchev–Trinajstić information content (AvgIpc) is 3.13. The first kappa shape index (κ1) is 20.4. The number of likely N-dealkylation sites (N-methyl/N-ethyl adjacent to an activating group) is 1. The van der Waals surface area contributed by atoms with E-state index >= 15 is 0 Å². The van der Waals surface area contributed by atoms with Crippen LogP contribution >= 0.6 is 15.9 Å². The van der Waals surface area contributed by atoms with Crippen LogP contribution in [-0.2, 0) is 9.59 Å². The largest absolute Gasteiger partial charge is 0.336 e. The molecular formula is C20H22BrFN4O2. The standard InChI is InChI=1S/C20H22BrFN4O2/c1-12-9-14(21)5-8-17(12)24-18(27)11-26(2)20(28)16-10-23-25-19(16)13-3-6-15(22)7-4-13/h3-9,16,19,23,25H,10-11H2,1-2H3,(H,24,27). The summed E-state index contributed by atoms with van der Waals surface area (Å²) in [5.41, 5.74) is 8.49. The third-order valence-corrected chi connectivity index (χ3v) is 5.24. The lowest BCUT2D eigenvalue weighted by atomic mass is 9.94. The Kier molecular flexibility index (Phi) is 6.43. The van der Waals surface area contributed by atoms with Crippen molar-refractivity contribution in [3.63, 3.8) is 0 Å². The predicted molar refractivity (Wildman–Crippen MR) is 109 cm³/mol. The number of halogens is 2. The molecule has 0 saturated carbocycles. The number of nitrogens with one attached hydrogen (secondary N) is 3. The maximum absolute atomic E-state index is 13.2. The molecule has 0 radical (unpaired) electrons. The van der Waals surface area contributed by atoms with Crippen molar-refractivity contribution < 1.29 is 14.0 Å². The van der Waals surface area contributed by atoms with Crippen LogP contribution in [0.25, 0.3) is 0 Å². The summed E-state index contributed by atoms with van der Waals surface area (Å²) in [6.07, 6.45) is 0. The maximum atomic E-state index is 13.2. The van der Waals surface area contributed by atoms with E-state index in [1.54, 1.807) is 19.2 Å². The quantitative estimate of drug-likeness (QED) is 0.657. The molecule has 148 valence electrons. The van der Waals surface area contributed by atoms with Crippen molar-refractivity contribution in [1.29, 1.82) is 0 Å². The Morgan fingerprint density at radius 3 is 2.64 bits per heavy atom. The molecule has 2 atom stereocenters. The van der Waals surface area contributed by atoms with Gasteiger partial charge in [0.15, 0.2) is 0 Å². The van der Waals surface area contributed by atoms with Crippen LogP contribution in [0, 0.1) is 18.7 Å². The summed E-state index contributed by atoms with van der Waals surface area (Å²) in [6.45, 7) is 2.28. The van der Waals surface area contributed by atoms with Crippen LogP contribution in [0.4, 0.5) is 10.1 Å². The zero-order chi connectivity index (χ0) is 20.3. The SMILES string of the molecule is Cc1cc(Br)ccc1NC(=O)CN(C)C(=O)C1CNNC1c1ccc(F)cc1. The predicted octanol–water partition coefficient (Wildman–Crippen LogP) is 2.76. The van der Waals surface area contributed by atoms with Crippen LogP contribution < -0.4 is 16.2 Å². The van der Waals surface area contributed by atoms with Gasteiger partial charge in [-0.05, 0) is 48.4 Å². The molecule has 2 amide bonds. The number of benzene rings is 2. The number of anilines is 1. The summed E-state index contributed by atoms with van der Waals surface area (Å²) in [7, 11) is 1.61. The number of nitrogens with zero attached hydrogens (tertiary/aromatic N) is 1. The van der Waals surface area contributed by atoms with E-state index in [4.69, 9.17) is 0 Å². The van der Waals surface area contributed by atoms with Crippen LogP contribution in [0.2, 0.25) is 0 Å². The van der Waals surface area contributed by atoms with Gasteiger partial charge in [-0.1, -0.05) is 28.1 Å². The molecule has 1 aliphatic rings. The summed E-state index contributed by atoms with van der Waals surface area (Å²) in [4.78, 5) is 26.7. The fourth-order valence-electron chi connectivity index (χ4n) is 3.25. The third-order valence-electron chi connectivity index (χ3n) is 4.75. The van der Waals surface area contributed by atoms with Gasteiger partial charge >= 0.3 is 0 Å². The zero-order valence-electron chi connectivity index (χ0n) is 15.6. The molecule has 1 saturated heterocycles. The molecule has 3 rings (SSSR count). The van der Waals surface area contributed by atoms with E-state index in [2.05, 4.69) is 32.1 Å². The van der Waals surface area contributed by atoms with E-state index in [0.717, 1.165) is 15.6 Å². The van der Waals surface area contributed by atoms with Crippen molar-refractivity contribution >= 4 is 33.4 Å². The molecule has 3 N–H and O–H groups in total. The van der Waals surface area contributed by atoms with Gasteiger partial charge in [-0.3, -0.25) is 15.0 Å². The zero-order valence-corrected chi connectivity index (χ0v) is 17.2. The molecule has 1 heterocycles. The van der Waals surface area contributed by atoms with Crippen LogP contribution in [0.15, 0.2) is 46.9 Å². The van der Waals surface area contributed by atoms with E-state index < -0.39 is 5.92 Å². The van der Waals surface area contributed by atoms with Crippen LogP contribution in [0.3, 0.4) is 0 Å². The number of hydrazine groups is 1. The average molecular weight is 449 g/mol. The summed E-state index contributed by atoms with van der Waals surface area (Å²) in [5.74, 6) is -1.14. The topological polar surface area (TPSA) is 73.5 Å². The fraction of sp³-hybridized carbons (Fsp3) is 0.300. The molecule has 28 heavy (non-hydrogen) atoms. The number of amides is 2. The van der Waals surface area contributed by atoms with Gasteiger partial charge in [-0.2, -0.15) is 0 Å². The Hall–Kier alpha value is -2.29. The van der Waals surface area contributed by atoms with Gasteiger partial charge in [0.25, 0.3) is 0 Å². The molecule has 1 aliphatic heterocycles. The summed E-state index contributed by atoms with van der Waals surface area (Å²) in [6, 6.07) is 11.3. The van der Waals surface area contributed by atoms with Gasteiger partial charge in [0.05, 0.1) is 18.5 Å². The Morgan fingerprint density at radius 1 is 1.25 bits per heavy atom. The monoisotopic (exact) mass is 448 g/mol. The maximum Gasteiger partial charge on any atom is 0.243 e. The van der Waals surface area contributed by atoms with Gasteiger partial charge in [0, 0.05) is 23.8 Å². The van der Waals surface area contributed by atoms with Gasteiger partial charge in [-0.25, -0.2) is 9.82 Å². The molecular weight excluding hydrogens is 427 g/mol. The number of carbonyl (C=O) groups excluding carboxylic acids is 2. The molecule has 2 unspecified atom stereocenters. The van der Waals surface area contributed by atoms with Crippen LogP contribution in [-0.4, -0.2) is 36.9 Å². The highest BCUT2D eigenvalue weighted by Gasteiger charge is 2.36.